The highest BCUT2D eigenvalue weighted by Gasteiger charge is 2.16. The second-order valence-electron chi connectivity index (χ2n) is 3.62. The summed E-state index contributed by atoms with van der Waals surface area (Å²) < 4.78 is 0. The minimum absolute atomic E-state index is 0.557. The van der Waals surface area contributed by atoms with Gasteiger partial charge in [-0.1, -0.05) is 6.92 Å². The fraction of sp³-hybridized carbons (Fsp3) is 0.600. The number of aliphatic hydroxyl groups is 1. The molecule has 1 aromatic rings. The monoisotopic (exact) mass is 195 g/mol. The van der Waals surface area contributed by atoms with Crippen LogP contribution >= 0.6 is 0 Å². The largest absolute Gasteiger partial charge is 0.389 e. The number of hydrogen-bond donors (Lipinski definition) is 2. The molecule has 78 valence electrons. The van der Waals surface area contributed by atoms with Crippen LogP contribution in [0.3, 0.4) is 0 Å². The standard InChI is InChI=1S/C10H17N3O/c1-3-10(2,14)8-11-7-9-12-5-4-6-13-9/h4-6,11,14H,3,7-8H2,1-2H3. The second-order valence-corrected chi connectivity index (χ2v) is 3.62. The zero-order chi connectivity index (χ0) is 10.4. The summed E-state index contributed by atoms with van der Waals surface area (Å²) >= 11 is 0. The average molecular weight is 195 g/mol. The van der Waals surface area contributed by atoms with Crippen LogP contribution in [0.2, 0.25) is 0 Å². The highest BCUT2D eigenvalue weighted by Crippen LogP contribution is 2.05. The molecule has 1 rings (SSSR count). The minimum atomic E-state index is -0.644. The lowest BCUT2D eigenvalue weighted by Gasteiger charge is -2.21. The maximum atomic E-state index is 9.70. The van der Waals surface area contributed by atoms with E-state index in [0.717, 1.165) is 12.2 Å². The van der Waals surface area contributed by atoms with Crippen molar-refractivity contribution in [2.24, 2.45) is 0 Å². The van der Waals surface area contributed by atoms with Crippen LogP contribution < -0.4 is 5.32 Å². The predicted octanol–water partition coefficient (Wildman–Crippen LogP) is 0.727. The molecule has 4 heteroatoms. The second kappa shape index (κ2) is 5.02. The Kier molecular flexibility index (Phi) is 3.98. The highest BCUT2D eigenvalue weighted by atomic mass is 16.3. The minimum Gasteiger partial charge on any atom is -0.389 e. The van der Waals surface area contributed by atoms with Crippen LogP contribution in [0.5, 0.6) is 0 Å². The van der Waals surface area contributed by atoms with Gasteiger partial charge >= 0.3 is 0 Å². The van der Waals surface area contributed by atoms with E-state index in [1.165, 1.54) is 0 Å². The number of aromatic nitrogens is 2. The van der Waals surface area contributed by atoms with Gasteiger partial charge < -0.3 is 10.4 Å². The van der Waals surface area contributed by atoms with Gasteiger partial charge in [0.2, 0.25) is 0 Å². The molecule has 0 aliphatic carbocycles. The molecule has 0 aromatic carbocycles. The van der Waals surface area contributed by atoms with E-state index in [9.17, 15) is 5.11 Å². The zero-order valence-electron chi connectivity index (χ0n) is 8.70. The van der Waals surface area contributed by atoms with E-state index in [4.69, 9.17) is 0 Å². The molecule has 0 saturated carbocycles. The molecule has 1 heterocycles. The highest BCUT2D eigenvalue weighted by molar-refractivity contribution is 4.88. The lowest BCUT2D eigenvalue weighted by molar-refractivity contribution is 0.0554. The van der Waals surface area contributed by atoms with E-state index in [0.29, 0.717) is 13.1 Å². The van der Waals surface area contributed by atoms with Gasteiger partial charge in [0.15, 0.2) is 0 Å². The molecule has 0 spiro atoms. The van der Waals surface area contributed by atoms with Gasteiger partial charge in [0, 0.05) is 18.9 Å². The zero-order valence-corrected chi connectivity index (χ0v) is 8.70. The average Bonchev–Trinajstić information content (AvgIpc) is 2.19. The molecule has 0 saturated heterocycles. The first-order chi connectivity index (χ1) is 6.64. The van der Waals surface area contributed by atoms with Crippen molar-refractivity contribution in [1.29, 1.82) is 0 Å². The molecule has 14 heavy (non-hydrogen) atoms. The smallest absolute Gasteiger partial charge is 0.141 e. The fourth-order valence-corrected chi connectivity index (χ4v) is 0.990. The predicted molar refractivity (Wildman–Crippen MR) is 54.7 cm³/mol. The first-order valence-electron chi connectivity index (χ1n) is 4.83. The van der Waals surface area contributed by atoms with Crippen molar-refractivity contribution in [3.63, 3.8) is 0 Å². The lowest BCUT2D eigenvalue weighted by atomic mass is 10.0. The summed E-state index contributed by atoms with van der Waals surface area (Å²) in [5.41, 5.74) is -0.644. The van der Waals surface area contributed by atoms with E-state index in [1.54, 1.807) is 18.5 Å². The maximum Gasteiger partial charge on any atom is 0.141 e. The van der Waals surface area contributed by atoms with Gasteiger partial charge in [-0.3, -0.25) is 0 Å². The van der Waals surface area contributed by atoms with Crippen LogP contribution in [0.15, 0.2) is 18.5 Å². The Morgan fingerprint density at radius 3 is 2.64 bits per heavy atom. The van der Waals surface area contributed by atoms with E-state index in [2.05, 4.69) is 15.3 Å². The third-order valence-corrected chi connectivity index (χ3v) is 2.17. The molecule has 0 radical (unpaired) electrons. The van der Waals surface area contributed by atoms with Crippen LogP contribution in [0.25, 0.3) is 0 Å². The van der Waals surface area contributed by atoms with E-state index >= 15 is 0 Å². The Morgan fingerprint density at radius 2 is 2.07 bits per heavy atom. The molecule has 1 aromatic heterocycles. The van der Waals surface area contributed by atoms with E-state index < -0.39 is 5.60 Å². The Morgan fingerprint density at radius 1 is 1.43 bits per heavy atom. The first-order valence-corrected chi connectivity index (χ1v) is 4.83. The van der Waals surface area contributed by atoms with Gasteiger partial charge in [-0.25, -0.2) is 9.97 Å². The van der Waals surface area contributed by atoms with Crippen molar-refractivity contribution in [3.8, 4) is 0 Å². The fourth-order valence-electron chi connectivity index (χ4n) is 0.990. The molecule has 0 bridgehead atoms. The van der Waals surface area contributed by atoms with E-state index in [-0.39, 0.29) is 0 Å². The van der Waals surface area contributed by atoms with Crippen molar-refractivity contribution in [2.75, 3.05) is 6.54 Å². The Balaban J connectivity index is 2.29. The van der Waals surface area contributed by atoms with Gasteiger partial charge in [0.05, 0.1) is 12.1 Å². The van der Waals surface area contributed by atoms with Crippen LogP contribution in [0, 0.1) is 0 Å². The van der Waals surface area contributed by atoms with Crippen LogP contribution in [0.4, 0.5) is 0 Å². The van der Waals surface area contributed by atoms with Crippen LogP contribution in [-0.4, -0.2) is 27.2 Å². The quantitative estimate of drug-likeness (QED) is 0.727. The summed E-state index contributed by atoms with van der Waals surface area (Å²) in [5.74, 6) is 0.749. The van der Waals surface area contributed by atoms with Crippen molar-refractivity contribution >= 4 is 0 Å². The molecular formula is C10H17N3O. The van der Waals surface area contributed by atoms with Crippen LogP contribution in [-0.2, 0) is 6.54 Å². The number of nitrogens with zero attached hydrogens (tertiary/aromatic N) is 2. The normalized spacial score (nSPS) is 15.1. The van der Waals surface area contributed by atoms with Crippen molar-refractivity contribution in [2.45, 2.75) is 32.4 Å². The first kappa shape index (κ1) is 11.1. The molecule has 1 atom stereocenters. The molecule has 1 unspecified atom stereocenters. The van der Waals surface area contributed by atoms with Crippen LogP contribution in [0.1, 0.15) is 26.1 Å². The van der Waals surface area contributed by atoms with Gasteiger partial charge in [0.1, 0.15) is 5.82 Å². The molecule has 4 nitrogen and oxygen atoms in total. The molecule has 2 N–H and O–H groups in total. The SMILES string of the molecule is CCC(C)(O)CNCc1ncccn1. The summed E-state index contributed by atoms with van der Waals surface area (Å²) in [7, 11) is 0. The summed E-state index contributed by atoms with van der Waals surface area (Å²) in [4.78, 5) is 8.14. The number of nitrogens with one attached hydrogen (secondary N) is 1. The number of rotatable bonds is 5. The lowest BCUT2D eigenvalue weighted by Crippen LogP contribution is -2.37. The Labute approximate surface area is 84.4 Å². The van der Waals surface area contributed by atoms with E-state index in [1.807, 2.05) is 13.8 Å². The third-order valence-electron chi connectivity index (χ3n) is 2.17. The van der Waals surface area contributed by atoms with Crippen molar-refractivity contribution in [3.05, 3.63) is 24.3 Å². The summed E-state index contributed by atoms with van der Waals surface area (Å²) in [6, 6.07) is 1.78. The molecule has 0 aliphatic rings. The third kappa shape index (κ3) is 3.81. The van der Waals surface area contributed by atoms with Crippen molar-refractivity contribution < 1.29 is 5.11 Å². The molecule has 0 aliphatic heterocycles. The summed E-state index contributed by atoms with van der Waals surface area (Å²) in [6.45, 7) is 4.92. The molecule has 0 amide bonds. The molecule has 0 fully saturated rings. The van der Waals surface area contributed by atoms with Gasteiger partial charge in [-0.05, 0) is 19.4 Å². The summed E-state index contributed by atoms with van der Waals surface area (Å²) in [6.07, 6.45) is 4.15. The topological polar surface area (TPSA) is 58.0 Å². The Bertz CT molecular complexity index is 261. The van der Waals surface area contributed by atoms with Crippen molar-refractivity contribution in [1.82, 2.24) is 15.3 Å². The number of hydrogen-bond acceptors (Lipinski definition) is 4. The van der Waals surface area contributed by atoms with Gasteiger partial charge in [-0.15, -0.1) is 0 Å². The Hall–Kier alpha value is -1.00. The molecular weight excluding hydrogens is 178 g/mol. The van der Waals surface area contributed by atoms with Gasteiger partial charge in [-0.2, -0.15) is 0 Å². The van der Waals surface area contributed by atoms with Gasteiger partial charge in [0.25, 0.3) is 0 Å². The maximum absolute atomic E-state index is 9.70. The summed E-state index contributed by atoms with van der Waals surface area (Å²) in [5, 5.41) is 12.8.